The molecule has 20 heavy (non-hydrogen) atoms. The molecule has 0 atom stereocenters. The van der Waals surface area contributed by atoms with Crippen LogP contribution in [0.4, 0.5) is 21.5 Å². The van der Waals surface area contributed by atoms with E-state index >= 15 is 0 Å². The highest BCUT2D eigenvalue weighted by molar-refractivity contribution is 9.10. The Morgan fingerprint density at radius 2 is 1.75 bits per heavy atom. The van der Waals surface area contributed by atoms with Gasteiger partial charge in [-0.1, -0.05) is 15.9 Å². The van der Waals surface area contributed by atoms with Crippen molar-refractivity contribution in [3.05, 3.63) is 61.9 Å². The first kappa shape index (κ1) is 14.5. The molecule has 0 fully saturated rings. The lowest BCUT2D eigenvalue weighted by molar-refractivity contribution is -0.385. The number of benzene rings is 2. The molecule has 0 saturated carbocycles. The van der Waals surface area contributed by atoms with Crippen LogP contribution in [0.2, 0.25) is 0 Å². The molecule has 0 aliphatic rings. The fourth-order valence-electron chi connectivity index (χ4n) is 2.00. The third-order valence-corrected chi connectivity index (χ3v) is 3.32. The zero-order valence-electron chi connectivity index (χ0n) is 10.9. The van der Waals surface area contributed by atoms with E-state index < -0.39 is 10.7 Å². The lowest BCUT2D eigenvalue weighted by Gasteiger charge is -2.13. The number of rotatable bonds is 3. The summed E-state index contributed by atoms with van der Waals surface area (Å²) in [5.74, 6) is -0.644. The van der Waals surface area contributed by atoms with Crippen molar-refractivity contribution in [2.45, 2.75) is 13.8 Å². The second kappa shape index (κ2) is 5.58. The normalized spacial score (nSPS) is 10.4. The summed E-state index contributed by atoms with van der Waals surface area (Å²) < 4.78 is 14.4. The topological polar surface area (TPSA) is 55.2 Å². The second-order valence-corrected chi connectivity index (χ2v) is 5.41. The fourth-order valence-corrected chi connectivity index (χ4v) is 2.69. The minimum atomic E-state index is -0.644. The van der Waals surface area contributed by atoms with Crippen molar-refractivity contribution in [3.63, 3.8) is 0 Å². The van der Waals surface area contributed by atoms with Gasteiger partial charge in [0.25, 0.3) is 5.69 Å². The molecule has 0 radical (unpaired) electrons. The highest BCUT2D eigenvalue weighted by atomic mass is 79.9. The molecule has 0 unspecified atom stereocenters. The van der Waals surface area contributed by atoms with Crippen LogP contribution in [-0.4, -0.2) is 4.92 Å². The quantitative estimate of drug-likeness (QED) is 0.642. The molecule has 2 aromatic rings. The van der Waals surface area contributed by atoms with Gasteiger partial charge in [-0.3, -0.25) is 10.1 Å². The van der Waals surface area contributed by atoms with Crippen molar-refractivity contribution in [1.29, 1.82) is 0 Å². The average molecular weight is 339 g/mol. The Hall–Kier alpha value is -1.95. The van der Waals surface area contributed by atoms with Gasteiger partial charge >= 0.3 is 0 Å². The highest BCUT2D eigenvalue weighted by Crippen LogP contribution is 2.29. The lowest BCUT2D eigenvalue weighted by atomic mass is 10.1. The van der Waals surface area contributed by atoms with E-state index in [1.165, 1.54) is 12.1 Å². The van der Waals surface area contributed by atoms with Crippen molar-refractivity contribution < 1.29 is 9.31 Å². The van der Waals surface area contributed by atoms with Gasteiger partial charge in [0, 0.05) is 21.9 Å². The van der Waals surface area contributed by atoms with E-state index in [1.54, 1.807) is 0 Å². The van der Waals surface area contributed by atoms with Gasteiger partial charge in [-0.15, -0.1) is 0 Å². The molecule has 0 aromatic heterocycles. The van der Waals surface area contributed by atoms with Crippen molar-refractivity contribution in [2.24, 2.45) is 0 Å². The minimum Gasteiger partial charge on any atom is -0.355 e. The molecular formula is C14H12BrFN2O2. The van der Waals surface area contributed by atoms with Crippen LogP contribution >= 0.6 is 15.9 Å². The van der Waals surface area contributed by atoms with Gasteiger partial charge in [0.15, 0.2) is 0 Å². The van der Waals surface area contributed by atoms with Gasteiger partial charge in [-0.25, -0.2) is 4.39 Å². The molecule has 104 valence electrons. The summed E-state index contributed by atoms with van der Waals surface area (Å²) in [5, 5.41) is 13.8. The van der Waals surface area contributed by atoms with Crippen LogP contribution in [0.3, 0.4) is 0 Å². The predicted octanol–water partition coefficient (Wildman–Crippen LogP) is 4.86. The SMILES string of the molecule is Cc1cc(Br)cc(C)c1Nc1cc(F)cc([N+](=O)[O-])c1. The third-order valence-electron chi connectivity index (χ3n) is 2.86. The first-order valence-corrected chi connectivity index (χ1v) is 6.65. The Morgan fingerprint density at radius 1 is 1.15 bits per heavy atom. The Labute approximate surface area is 123 Å². The van der Waals surface area contributed by atoms with Gasteiger partial charge < -0.3 is 5.32 Å². The number of hydrogen-bond acceptors (Lipinski definition) is 3. The maximum absolute atomic E-state index is 13.4. The lowest BCUT2D eigenvalue weighted by Crippen LogP contribution is -1.98. The van der Waals surface area contributed by atoms with Crippen LogP contribution in [0.25, 0.3) is 0 Å². The standard InChI is InChI=1S/C14H12BrFN2O2/c1-8-3-10(15)4-9(2)14(8)17-12-5-11(16)6-13(7-12)18(19)20/h3-7,17H,1-2H3. The summed E-state index contributed by atoms with van der Waals surface area (Å²) in [7, 11) is 0. The van der Waals surface area contributed by atoms with Crippen LogP contribution in [0.15, 0.2) is 34.8 Å². The van der Waals surface area contributed by atoms with Crippen molar-refractivity contribution in [2.75, 3.05) is 5.32 Å². The van der Waals surface area contributed by atoms with Gasteiger partial charge in [0.05, 0.1) is 11.0 Å². The first-order chi connectivity index (χ1) is 9.36. The van der Waals surface area contributed by atoms with E-state index in [2.05, 4.69) is 21.2 Å². The summed E-state index contributed by atoms with van der Waals surface area (Å²) in [4.78, 5) is 10.1. The molecule has 0 amide bonds. The van der Waals surface area contributed by atoms with E-state index in [-0.39, 0.29) is 5.69 Å². The third kappa shape index (κ3) is 3.14. The largest absolute Gasteiger partial charge is 0.355 e. The number of halogens is 2. The first-order valence-electron chi connectivity index (χ1n) is 5.85. The van der Waals surface area contributed by atoms with Gasteiger partial charge in [0.2, 0.25) is 0 Å². The highest BCUT2D eigenvalue weighted by Gasteiger charge is 2.11. The van der Waals surface area contributed by atoms with Crippen LogP contribution in [0.1, 0.15) is 11.1 Å². The smallest absolute Gasteiger partial charge is 0.274 e. The van der Waals surface area contributed by atoms with E-state index in [0.717, 1.165) is 27.4 Å². The van der Waals surface area contributed by atoms with E-state index in [9.17, 15) is 14.5 Å². The Kier molecular flexibility index (Phi) is 4.04. The number of non-ortho nitro benzene ring substituents is 1. The van der Waals surface area contributed by atoms with Crippen LogP contribution in [0.5, 0.6) is 0 Å². The molecule has 6 heteroatoms. The molecule has 0 bridgehead atoms. The monoisotopic (exact) mass is 338 g/mol. The van der Waals surface area contributed by atoms with E-state index in [4.69, 9.17) is 0 Å². The fraction of sp³-hybridized carbons (Fsp3) is 0.143. The van der Waals surface area contributed by atoms with Crippen LogP contribution < -0.4 is 5.32 Å². The molecule has 0 heterocycles. The number of aryl methyl sites for hydroxylation is 2. The van der Waals surface area contributed by atoms with Crippen LogP contribution in [-0.2, 0) is 0 Å². The van der Waals surface area contributed by atoms with Gasteiger partial charge in [-0.05, 0) is 43.2 Å². The molecule has 0 spiro atoms. The summed E-state index contributed by atoms with van der Waals surface area (Å²) in [6, 6.07) is 7.27. The molecule has 0 aliphatic heterocycles. The number of anilines is 2. The Balaban J connectivity index is 2.42. The van der Waals surface area contributed by atoms with E-state index in [0.29, 0.717) is 5.69 Å². The molecule has 1 N–H and O–H groups in total. The van der Waals surface area contributed by atoms with Gasteiger partial charge in [-0.2, -0.15) is 0 Å². The van der Waals surface area contributed by atoms with Gasteiger partial charge in [0.1, 0.15) is 5.82 Å². The Morgan fingerprint density at radius 3 is 2.30 bits per heavy atom. The number of nitro benzene ring substituents is 1. The van der Waals surface area contributed by atoms with E-state index in [1.807, 2.05) is 26.0 Å². The number of nitrogens with zero attached hydrogens (tertiary/aromatic N) is 1. The zero-order chi connectivity index (χ0) is 14.9. The maximum Gasteiger partial charge on any atom is 0.274 e. The average Bonchev–Trinajstić information content (AvgIpc) is 2.33. The van der Waals surface area contributed by atoms with Crippen molar-refractivity contribution in [3.8, 4) is 0 Å². The molecule has 4 nitrogen and oxygen atoms in total. The van der Waals surface area contributed by atoms with Crippen LogP contribution in [0, 0.1) is 29.8 Å². The molecule has 2 aromatic carbocycles. The molecule has 0 saturated heterocycles. The summed E-state index contributed by atoms with van der Waals surface area (Å²) in [6.45, 7) is 3.82. The second-order valence-electron chi connectivity index (χ2n) is 4.49. The Bertz CT molecular complexity index is 666. The van der Waals surface area contributed by atoms with Crippen molar-refractivity contribution in [1.82, 2.24) is 0 Å². The molecule has 2 rings (SSSR count). The zero-order valence-corrected chi connectivity index (χ0v) is 12.5. The molecule has 0 aliphatic carbocycles. The summed E-state index contributed by atoms with van der Waals surface area (Å²) in [6.07, 6.45) is 0. The number of hydrogen-bond donors (Lipinski definition) is 1. The summed E-state index contributed by atoms with van der Waals surface area (Å²) >= 11 is 3.40. The minimum absolute atomic E-state index is 0.278. The number of nitro groups is 1. The maximum atomic E-state index is 13.4. The number of nitrogens with one attached hydrogen (secondary N) is 1. The summed E-state index contributed by atoms with van der Waals surface area (Å²) in [5.41, 5.74) is 2.81. The predicted molar refractivity (Wildman–Crippen MR) is 80.0 cm³/mol. The van der Waals surface area contributed by atoms with Crippen molar-refractivity contribution >= 4 is 33.0 Å². The molecular weight excluding hydrogens is 327 g/mol.